The van der Waals surface area contributed by atoms with Crippen molar-refractivity contribution in [2.24, 2.45) is 0 Å². The van der Waals surface area contributed by atoms with E-state index < -0.39 is 0 Å². The Hall–Kier alpha value is -2.24. The van der Waals surface area contributed by atoms with E-state index in [1.165, 1.54) is 0 Å². The molecule has 2 heterocycles. The number of hydrogen-bond acceptors (Lipinski definition) is 6. The quantitative estimate of drug-likeness (QED) is 0.879. The van der Waals surface area contributed by atoms with E-state index >= 15 is 0 Å². The molecule has 0 atom stereocenters. The number of nitrogens with one attached hydrogen (secondary N) is 1. The van der Waals surface area contributed by atoms with Crippen LogP contribution < -0.4 is 10.2 Å². The fourth-order valence-corrected chi connectivity index (χ4v) is 1.41. The summed E-state index contributed by atoms with van der Waals surface area (Å²) in [6.07, 6.45) is 1.77. The first-order chi connectivity index (χ1) is 8.60. The lowest BCUT2D eigenvalue weighted by Gasteiger charge is -2.12. The van der Waals surface area contributed by atoms with Gasteiger partial charge in [-0.15, -0.1) is 0 Å². The second-order valence-electron chi connectivity index (χ2n) is 4.12. The van der Waals surface area contributed by atoms with Crippen LogP contribution in [-0.2, 0) is 0 Å². The second kappa shape index (κ2) is 4.95. The van der Waals surface area contributed by atoms with Crippen LogP contribution in [0.15, 0.2) is 18.3 Å². The highest BCUT2D eigenvalue weighted by Crippen LogP contribution is 2.17. The van der Waals surface area contributed by atoms with Gasteiger partial charge in [0.15, 0.2) is 5.82 Å². The molecule has 6 heteroatoms. The summed E-state index contributed by atoms with van der Waals surface area (Å²) in [5.74, 6) is 1.78. The van der Waals surface area contributed by atoms with Crippen LogP contribution in [0.1, 0.15) is 5.69 Å². The molecule has 0 saturated carbocycles. The van der Waals surface area contributed by atoms with Gasteiger partial charge in [0.2, 0.25) is 11.9 Å². The highest BCUT2D eigenvalue weighted by molar-refractivity contribution is 5.57. The van der Waals surface area contributed by atoms with Gasteiger partial charge >= 0.3 is 0 Å². The number of rotatable bonds is 3. The molecule has 94 valence electrons. The lowest BCUT2D eigenvalue weighted by Crippen LogP contribution is -2.15. The minimum atomic E-state index is 0.546. The van der Waals surface area contributed by atoms with E-state index in [-0.39, 0.29) is 0 Å². The van der Waals surface area contributed by atoms with Crippen LogP contribution in [0.3, 0.4) is 0 Å². The largest absolute Gasteiger partial charge is 0.357 e. The van der Waals surface area contributed by atoms with Gasteiger partial charge in [-0.3, -0.25) is 4.98 Å². The van der Waals surface area contributed by atoms with Gasteiger partial charge in [-0.1, -0.05) is 0 Å². The molecular weight excluding hydrogens is 228 g/mol. The van der Waals surface area contributed by atoms with Gasteiger partial charge in [0.05, 0.1) is 0 Å². The van der Waals surface area contributed by atoms with Crippen molar-refractivity contribution in [3.63, 3.8) is 0 Å². The number of aromatic nitrogens is 4. The average molecular weight is 244 g/mol. The number of hydrogen-bond donors (Lipinski definition) is 1. The Kier molecular flexibility index (Phi) is 3.36. The normalized spacial score (nSPS) is 10.2. The lowest BCUT2D eigenvalue weighted by molar-refractivity contribution is 0.962. The van der Waals surface area contributed by atoms with Gasteiger partial charge in [-0.2, -0.15) is 15.0 Å². The minimum absolute atomic E-state index is 0.546. The monoisotopic (exact) mass is 244 g/mol. The van der Waals surface area contributed by atoms with E-state index in [2.05, 4.69) is 25.3 Å². The van der Waals surface area contributed by atoms with Crippen molar-refractivity contribution >= 4 is 11.9 Å². The van der Waals surface area contributed by atoms with Crippen LogP contribution >= 0.6 is 0 Å². The topological polar surface area (TPSA) is 66.8 Å². The first-order valence-electron chi connectivity index (χ1n) is 5.64. The van der Waals surface area contributed by atoms with E-state index in [0.717, 1.165) is 11.3 Å². The zero-order chi connectivity index (χ0) is 13.1. The zero-order valence-corrected chi connectivity index (χ0v) is 11.0. The standard InChI is InChI=1S/C12H16N6/c1-8-5-6-9(7-14-8)10-15-11(13-2)17-12(16-10)18(3)4/h5-7H,1-4H3,(H,13,15,16,17). The predicted molar refractivity (Wildman–Crippen MR) is 71.7 cm³/mol. The Bertz CT molecular complexity index is 535. The molecule has 0 aliphatic rings. The van der Waals surface area contributed by atoms with Crippen molar-refractivity contribution in [1.29, 1.82) is 0 Å². The van der Waals surface area contributed by atoms with Crippen LogP contribution in [0.5, 0.6) is 0 Å². The molecule has 0 radical (unpaired) electrons. The summed E-state index contributed by atoms with van der Waals surface area (Å²) in [6, 6.07) is 3.89. The Morgan fingerprint density at radius 2 is 1.89 bits per heavy atom. The van der Waals surface area contributed by atoms with Gasteiger partial charge < -0.3 is 10.2 Å². The van der Waals surface area contributed by atoms with Crippen LogP contribution in [0.4, 0.5) is 11.9 Å². The molecule has 2 aromatic rings. The summed E-state index contributed by atoms with van der Waals surface area (Å²) in [5, 5.41) is 2.93. The maximum atomic E-state index is 4.40. The van der Waals surface area contributed by atoms with Gasteiger partial charge in [-0.05, 0) is 19.1 Å². The Labute approximate surface area is 106 Å². The maximum Gasteiger partial charge on any atom is 0.230 e. The highest BCUT2D eigenvalue weighted by Gasteiger charge is 2.09. The summed E-state index contributed by atoms with van der Waals surface area (Å²) in [6.45, 7) is 1.95. The fourth-order valence-electron chi connectivity index (χ4n) is 1.41. The van der Waals surface area contributed by atoms with Crippen LogP contribution in [0.2, 0.25) is 0 Å². The molecule has 6 nitrogen and oxygen atoms in total. The highest BCUT2D eigenvalue weighted by atomic mass is 15.3. The van der Waals surface area contributed by atoms with E-state index in [4.69, 9.17) is 0 Å². The molecule has 0 amide bonds. The Morgan fingerprint density at radius 3 is 2.44 bits per heavy atom. The van der Waals surface area contributed by atoms with E-state index in [1.807, 2.05) is 38.1 Å². The lowest BCUT2D eigenvalue weighted by atomic mass is 10.2. The van der Waals surface area contributed by atoms with E-state index in [9.17, 15) is 0 Å². The van der Waals surface area contributed by atoms with Crippen LogP contribution in [-0.4, -0.2) is 41.1 Å². The molecule has 0 aliphatic heterocycles. The molecule has 2 rings (SSSR count). The molecule has 0 spiro atoms. The van der Waals surface area contributed by atoms with Crippen LogP contribution in [0.25, 0.3) is 11.4 Å². The fraction of sp³-hybridized carbons (Fsp3) is 0.333. The number of aryl methyl sites for hydroxylation is 1. The Balaban J connectivity index is 2.49. The maximum absolute atomic E-state index is 4.40. The SMILES string of the molecule is CNc1nc(-c2ccc(C)nc2)nc(N(C)C)n1. The third-order valence-corrected chi connectivity index (χ3v) is 2.42. The van der Waals surface area contributed by atoms with Gasteiger partial charge in [0.1, 0.15) is 0 Å². The molecule has 0 aromatic carbocycles. The van der Waals surface area contributed by atoms with Crippen molar-refractivity contribution in [3.05, 3.63) is 24.0 Å². The number of pyridine rings is 1. The first-order valence-corrected chi connectivity index (χ1v) is 5.64. The minimum Gasteiger partial charge on any atom is -0.357 e. The molecule has 0 fully saturated rings. The number of nitrogens with zero attached hydrogens (tertiary/aromatic N) is 5. The molecule has 18 heavy (non-hydrogen) atoms. The molecule has 2 aromatic heterocycles. The average Bonchev–Trinajstić information content (AvgIpc) is 2.39. The molecule has 0 unspecified atom stereocenters. The molecule has 0 saturated heterocycles. The van der Waals surface area contributed by atoms with Crippen molar-refractivity contribution in [2.45, 2.75) is 6.92 Å². The second-order valence-corrected chi connectivity index (χ2v) is 4.12. The summed E-state index contributed by atoms with van der Waals surface area (Å²) < 4.78 is 0. The van der Waals surface area contributed by atoms with Gasteiger partial charge in [0.25, 0.3) is 0 Å². The van der Waals surface area contributed by atoms with Crippen molar-refractivity contribution in [3.8, 4) is 11.4 Å². The first kappa shape index (κ1) is 12.2. The molecule has 0 aliphatic carbocycles. The third kappa shape index (κ3) is 2.53. The molecule has 1 N–H and O–H groups in total. The summed E-state index contributed by atoms with van der Waals surface area (Å²) in [5.41, 5.74) is 1.84. The van der Waals surface area contributed by atoms with Crippen molar-refractivity contribution < 1.29 is 0 Å². The zero-order valence-electron chi connectivity index (χ0n) is 11.0. The van der Waals surface area contributed by atoms with Crippen LogP contribution in [0, 0.1) is 6.92 Å². The van der Waals surface area contributed by atoms with Gasteiger partial charge in [-0.25, -0.2) is 0 Å². The van der Waals surface area contributed by atoms with Gasteiger partial charge in [0, 0.05) is 38.6 Å². The Morgan fingerprint density at radius 1 is 1.11 bits per heavy atom. The smallest absolute Gasteiger partial charge is 0.230 e. The third-order valence-electron chi connectivity index (χ3n) is 2.42. The van der Waals surface area contributed by atoms with E-state index in [0.29, 0.717) is 17.7 Å². The molecular formula is C12H16N6. The van der Waals surface area contributed by atoms with E-state index in [1.54, 1.807) is 13.2 Å². The summed E-state index contributed by atoms with van der Waals surface area (Å²) in [7, 11) is 5.57. The molecule has 0 bridgehead atoms. The summed E-state index contributed by atoms with van der Waals surface area (Å²) >= 11 is 0. The van der Waals surface area contributed by atoms with Crippen molar-refractivity contribution in [2.75, 3.05) is 31.4 Å². The van der Waals surface area contributed by atoms with Crippen molar-refractivity contribution in [1.82, 2.24) is 19.9 Å². The number of anilines is 2. The summed E-state index contributed by atoms with van der Waals surface area (Å²) in [4.78, 5) is 19.1. The predicted octanol–water partition coefficient (Wildman–Crippen LogP) is 1.35.